The van der Waals surface area contributed by atoms with E-state index in [4.69, 9.17) is 4.42 Å². The first-order valence-corrected chi connectivity index (χ1v) is 6.57. The van der Waals surface area contributed by atoms with Gasteiger partial charge < -0.3 is 9.73 Å². The minimum absolute atomic E-state index is 0.251. The maximum absolute atomic E-state index is 12.1. The van der Waals surface area contributed by atoms with Gasteiger partial charge in [0.1, 0.15) is 5.58 Å². The Morgan fingerprint density at radius 1 is 1.05 bits per heavy atom. The molecule has 3 nitrogen and oxygen atoms in total. The molecule has 19 heavy (non-hydrogen) atoms. The quantitative estimate of drug-likeness (QED) is 0.759. The van der Waals surface area contributed by atoms with Crippen LogP contribution in [0.25, 0.3) is 11.0 Å². The Kier molecular flexibility index (Phi) is 3.09. The molecule has 0 aliphatic rings. The summed E-state index contributed by atoms with van der Waals surface area (Å²) in [5.74, 6) is 0.0580. The van der Waals surface area contributed by atoms with Gasteiger partial charge in [0.15, 0.2) is 5.76 Å². The lowest BCUT2D eigenvalue weighted by Crippen LogP contribution is -2.10. The lowest BCUT2D eigenvalue weighted by atomic mass is 10.2. The fourth-order valence-corrected chi connectivity index (χ4v) is 2.08. The molecule has 0 bridgehead atoms. The minimum atomic E-state index is -0.251. The van der Waals surface area contributed by atoms with Crippen LogP contribution in [0.1, 0.15) is 10.6 Å². The average Bonchev–Trinajstić information content (AvgIpc) is 2.85. The van der Waals surface area contributed by atoms with E-state index in [1.165, 1.54) is 0 Å². The zero-order valence-corrected chi connectivity index (χ0v) is 11.5. The third-order valence-corrected chi connectivity index (χ3v) is 3.28. The van der Waals surface area contributed by atoms with E-state index in [0.717, 1.165) is 15.5 Å². The van der Waals surface area contributed by atoms with Crippen molar-refractivity contribution in [2.24, 2.45) is 0 Å². The van der Waals surface area contributed by atoms with Gasteiger partial charge in [0.25, 0.3) is 5.91 Å². The highest BCUT2D eigenvalue weighted by Gasteiger charge is 2.11. The Morgan fingerprint density at radius 3 is 2.53 bits per heavy atom. The lowest BCUT2D eigenvalue weighted by molar-refractivity contribution is 0.0998. The number of carbonyl (C=O) groups excluding carboxylic acids is 1. The second-order valence-electron chi connectivity index (χ2n) is 4.11. The highest BCUT2D eigenvalue weighted by Crippen LogP contribution is 2.20. The van der Waals surface area contributed by atoms with Crippen LogP contribution >= 0.6 is 15.9 Å². The number of rotatable bonds is 2. The van der Waals surface area contributed by atoms with E-state index in [1.807, 2.05) is 48.5 Å². The summed E-state index contributed by atoms with van der Waals surface area (Å²) in [6.45, 7) is 0. The SMILES string of the molecule is O=C(Nc1ccc(Br)cc1)c1cc2ccccc2o1. The fourth-order valence-electron chi connectivity index (χ4n) is 1.82. The zero-order chi connectivity index (χ0) is 13.2. The van der Waals surface area contributed by atoms with Gasteiger partial charge in [0.05, 0.1) is 0 Å². The Labute approximate surface area is 118 Å². The molecule has 0 spiro atoms. The molecule has 1 aromatic heterocycles. The summed E-state index contributed by atoms with van der Waals surface area (Å²) in [5, 5.41) is 3.71. The first-order valence-electron chi connectivity index (χ1n) is 5.78. The van der Waals surface area contributed by atoms with E-state index in [-0.39, 0.29) is 5.91 Å². The standard InChI is InChI=1S/C15H10BrNO2/c16-11-5-7-12(8-6-11)17-15(18)14-9-10-3-1-2-4-13(10)19-14/h1-9H,(H,17,18). The third-order valence-electron chi connectivity index (χ3n) is 2.75. The Balaban J connectivity index is 1.85. The molecule has 3 rings (SSSR count). The Bertz CT molecular complexity index is 698. The predicted molar refractivity (Wildman–Crippen MR) is 78.3 cm³/mol. The van der Waals surface area contributed by atoms with E-state index in [0.29, 0.717) is 11.3 Å². The van der Waals surface area contributed by atoms with Gasteiger partial charge >= 0.3 is 0 Å². The number of furan rings is 1. The van der Waals surface area contributed by atoms with Gasteiger partial charge in [-0.25, -0.2) is 0 Å². The van der Waals surface area contributed by atoms with Crippen LogP contribution in [-0.4, -0.2) is 5.91 Å². The van der Waals surface area contributed by atoms with Gasteiger partial charge in [-0.3, -0.25) is 4.79 Å². The molecule has 0 radical (unpaired) electrons. The molecule has 1 amide bonds. The molecule has 2 aromatic carbocycles. The van der Waals surface area contributed by atoms with Crippen LogP contribution in [0.2, 0.25) is 0 Å². The Morgan fingerprint density at radius 2 is 1.79 bits per heavy atom. The molecule has 0 unspecified atom stereocenters. The molecule has 0 aliphatic heterocycles. The maximum atomic E-state index is 12.1. The van der Waals surface area contributed by atoms with Crippen molar-refractivity contribution >= 4 is 38.5 Å². The van der Waals surface area contributed by atoms with Crippen molar-refractivity contribution in [2.45, 2.75) is 0 Å². The first kappa shape index (κ1) is 12.0. The topological polar surface area (TPSA) is 42.2 Å². The second-order valence-corrected chi connectivity index (χ2v) is 5.03. The lowest BCUT2D eigenvalue weighted by Gasteiger charge is -2.02. The number of amides is 1. The molecule has 94 valence electrons. The van der Waals surface area contributed by atoms with Crippen LogP contribution in [-0.2, 0) is 0 Å². The molecular weight excluding hydrogens is 306 g/mol. The smallest absolute Gasteiger partial charge is 0.291 e. The molecule has 3 aromatic rings. The van der Waals surface area contributed by atoms with Crippen LogP contribution in [0.4, 0.5) is 5.69 Å². The molecule has 1 N–H and O–H groups in total. The normalized spacial score (nSPS) is 10.6. The second kappa shape index (κ2) is 4.90. The van der Waals surface area contributed by atoms with E-state index in [9.17, 15) is 4.79 Å². The number of carbonyl (C=O) groups is 1. The number of benzene rings is 2. The highest BCUT2D eigenvalue weighted by atomic mass is 79.9. The average molecular weight is 316 g/mol. The number of nitrogens with one attached hydrogen (secondary N) is 1. The van der Waals surface area contributed by atoms with Gasteiger partial charge in [-0.15, -0.1) is 0 Å². The number of halogens is 1. The maximum Gasteiger partial charge on any atom is 0.291 e. The van der Waals surface area contributed by atoms with Gasteiger partial charge in [-0.2, -0.15) is 0 Å². The van der Waals surface area contributed by atoms with Crippen molar-refractivity contribution in [2.75, 3.05) is 5.32 Å². The molecule has 0 atom stereocenters. The van der Waals surface area contributed by atoms with E-state index in [1.54, 1.807) is 6.07 Å². The van der Waals surface area contributed by atoms with Gasteiger partial charge in [0.2, 0.25) is 0 Å². The molecule has 0 saturated heterocycles. The number of hydrogen-bond acceptors (Lipinski definition) is 2. The number of anilines is 1. The van der Waals surface area contributed by atoms with Gasteiger partial charge in [0, 0.05) is 15.5 Å². The number of hydrogen-bond donors (Lipinski definition) is 1. The van der Waals surface area contributed by atoms with Crippen molar-refractivity contribution < 1.29 is 9.21 Å². The van der Waals surface area contributed by atoms with E-state index < -0.39 is 0 Å². The number of fused-ring (bicyclic) bond motifs is 1. The van der Waals surface area contributed by atoms with Crippen molar-refractivity contribution in [1.29, 1.82) is 0 Å². The van der Waals surface area contributed by atoms with Crippen molar-refractivity contribution in [3.63, 3.8) is 0 Å². The van der Waals surface area contributed by atoms with Gasteiger partial charge in [-0.05, 0) is 36.4 Å². The highest BCUT2D eigenvalue weighted by molar-refractivity contribution is 9.10. The monoisotopic (exact) mass is 315 g/mol. The van der Waals surface area contributed by atoms with Crippen LogP contribution in [0.5, 0.6) is 0 Å². The predicted octanol–water partition coefficient (Wildman–Crippen LogP) is 4.45. The molecule has 0 saturated carbocycles. The summed E-state index contributed by atoms with van der Waals surface area (Å²) in [4.78, 5) is 12.1. The number of para-hydroxylation sites is 1. The molecule has 0 fully saturated rings. The summed E-state index contributed by atoms with van der Waals surface area (Å²) in [5.41, 5.74) is 1.44. The summed E-state index contributed by atoms with van der Waals surface area (Å²) in [6, 6.07) is 16.7. The van der Waals surface area contributed by atoms with Crippen molar-refractivity contribution in [1.82, 2.24) is 0 Å². The van der Waals surface area contributed by atoms with E-state index in [2.05, 4.69) is 21.2 Å². The van der Waals surface area contributed by atoms with Crippen molar-refractivity contribution in [3.05, 3.63) is 64.8 Å². The largest absolute Gasteiger partial charge is 0.451 e. The first-order chi connectivity index (χ1) is 9.22. The van der Waals surface area contributed by atoms with Crippen molar-refractivity contribution in [3.8, 4) is 0 Å². The van der Waals surface area contributed by atoms with Crippen LogP contribution < -0.4 is 5.32 Å². The summed E-state index contributed by atoms with van der Waals surface area (Å²) >= 11 is 3.35. The minimum Gasteiger partial charge on any atom is -0.451 e. The summed E-state index contributed by atoms with van der Waals surface area (Å²) in [6.07, 6.45) is 0. The van der Waals surface area contributed by atoms with Crippen LogP contribution in [0, 0.1) is 0 Å². The molecule has 4 heteroatoms. The molecule has 0 aliphatic carbocycles. The molecule has 1 heterocycles. The summed E-state index contributed by atoms with van der Waals surface area (Å²) < 4.78 is 6.47. The summed E-state index contributed by atoms with van der Waals surface area (Å²) in [7, 11) is 0. The molecular formula is C15H10BrNO2. The van der Waals surface area contributed by atoms with Crippen LogP contribution in [0.3, 0.4) is 0 Å². The van der Waals surface area contributed by atoms with Gasteiger partial charge in [-0.1, -0.05) is 34.1 Å². The van der Waals surface area contributed by atoms with E-state index >= 15 is 0 Å². The fraction of sp³-hybridized carbons (Fsp3) is 0. The zero-order valence-electron chi connectivity index (χ0n) is 9.89. The third kappa shape index (κ3) is 2.53. The Hall–Kier alpha value is -2.07. The van der Waals surface area contributed by atoms with Crippen LogP contribution in [0.15, 0.2) is 63.5 Å².